The number of imide groups is 2. The lowest BCUT2D eigenvalue weighted by Crippen LogP contribution is -2.51. The predicted octanol–water partition coefficient (Wildman–Crippen LogP) is 5.84. The lowest BCUT2D eigenvalue weighted by atomic mass is 9.49. The van der Waals surface area contributed by atoms with Crippen LogP contribution in [0.2, 0.25) is 0 Å². The molecule has 4 saturated carbocycles. The Labute approximate surface area is 246 Å². The maximum Gasteiger partial charge on any atom is 0.415 e. The molecular weight excluding hydrogens is 536 g/mol. The standard InChI is InChI=1S/C32H42N4O6/c1-21(2)10-12-36(31(40)41)30(39)35(11-6-9-22-7-4-3-5-8-22)29(38)28-34-26(19-42-28)27(37)33-20-32-16-23-13-24(17-32)15-25(14-23)18-32/h3-5,7-8,19,21,23-25H,6,9-18,20H2,1-2H3,(H,33,37)(H,40,41). The summed E-state index contributed by atoms with van der Waals surface area (Å²) in [5.41, 5.74) is 1.14. The van der Waals surface area contributed by atoms with Crippen LogP contribution in [0.15, 0.2) is 41.0 Å². The molecule has 0 atom stereocenters. The molecule has 0 radical (unpaired) electrons. The van der Waals surface area contributed by atoms with Crippen LogP contribution in [0.3, 0.4) is 0 Å². The van der Waals surface area contributed by atoms with Crippen LogP contribution in [0.4, 0.5) is 9.59 Å². The maximum absolute atomic E-state index is 13.5. The molecule has 10 nitrogen and oxygen atoms in total. The molecule has 1 aromatic carbocycles. The number of carboxylic acid groups (broad SMARTS) is 1. The summed E-state index contributed by atoms with van der Waals surface area (Å²) in [4.78, 5) is 57.6. The molecule has 0 aliphatic heterocycles. The van der Waals surface area contributed by atoms with Gasteiger partial charge in [0.1, 0.15) is 6.26 Å². The first-order valence-corrected chi connectivity index (χ1v) is 15.3. The highest BCUT2D eigenvalue weighted by atomic mass is 16.4. The summed E-state index contributed by atoms with van der Waals surface area (Å²) >= 11 is 0. The Hall–Kier alpha value is -3.69. The third-order valence-electron chi connectivity index (χ3n) is 9.27. The van der Waals surface area contributed by atoms with Gasteiger partial charge in [-0.25, -0.2) is 14.5 Å². The number of nitrogens with zero attached hydrogens (tertiary/aromatic N) is 3. The second-order valence-corrected chi connectivity index (χ2v) is 13.1. The number of nitrogens with one attached hydrogen (secondary N) is 1. The Morgan fingerprint density at radius 3 is 2.24 bits per heavy atom. The second-order valence-electron chi connectivity index (χ2n) is 13.1. The summed E-state index contributed by atoms with van der Waals surface area (Å²) in [5.74, 6) is 0.746. The van der Waals surface area contributed by atoms with Crippen LogP contribution in [0.1, 0.15) is 92.0 Å². The van der Waals surface area contributed by atoms with E-state index in [1.807, 2.05) is 44.2 Å². The number of amides is 5. The van der Waals surface area contributed by atoms with E-state index in [0.29, 0.717) is 30.7 Å². The van der Waals surface area contributed by atoms with Crippen LogP contribution in [-0.4, -0.2) is 63.5 Å². The Kier molecular flexibility index (Phi) is 8.99. The number of rotatable bonds is 11. The molecule has 4 bridgehead atoms. The molecule has 1 heterocycles. The van der Waals surface area contributed by atoms with Crippen LogP contribution in [0, 0.1) is 29.1 Å². The monoisotopic (exact) mass is 578 g/mol. The van der Waals surface area contributed by atoms with Crippen molar-refractivity contribution in [1.29, 1.82) is 0 Å². The van der Waals surface area contributed by atoms with Crippen LogP contribution < -0.4 is 5.32 Å². The van der Waals surface area contributed by atoms with E-state index in [1.54, 1.807) is 0 Å². The zero-order valence-electron chi connectivity index (χ0n) is 24.6. The molecule has 0 unspecified atom stereocenters. The number of benzene rings is 1. The number of carbonyl (C=O) groups is 4. The molecule has 2 aromatic rings. The smallest absolute Gasteiger partial charge is 0.415 e. The minimum Gasteiger partial charge on any atom is -0.465 e. The van der Waals surface area contributed by atoms with Crippen molar-refractivity contribution in [2.75, 3.05) is 19.6 Å². The first-order chi connectivity index (χ1) is 20.1. The normalized spacial score (nSPS) is 24.0. The average molecular weight is 579 g/mol. The molecule has 1 aromatic heterocycles. The Morgan fingerprint density at radius 1 is 1.00 bits per heavy atom. The van der Waals surface area contributed by atoms with E-state index >= 15 is 0 Å². The van der Waals surface area contributed by atoms with Gasteiger partial charge in [0.25, 0.3) is 11.8 Å². The molecule has 2 N–H and O–H groups in total. The molecule has 42 heavy (non-hydrogen) atoms. The van der Waals surface area contributed by atoms with E-state index in [2.05, 4.69) is 10.3 Å². The van der Waals surface area contributed by atoms with Crippen molar-refractivity contribution in [2.24, 2.45) is 29.1 Å². The van der Waals surface area contributed by atoms with Gasteiger partial charge in [-0.3, -0.25) is 14.5 Å². The molecule has 226 valence electrons. The van der Waals surface area contributed by atoms with Gasteiger partial charge in [0.05, 0.1) is 0 Å². The fraction of sp³-hybridized carbons (Fsp3) is 0.594. The minimum absolute atomic E-state index is 0.0327. The van der Waals surface area contributed by atoms with Crippen molar-refractivity contribution < 1.29 is 28.7 Å². The molecule has 10 heteroatoms. The molecular formula is C32H42N4O6. The van der Waals surface area contributed by atoms with E-state index in [1.165, 1.54) is 19.3 Å². The van der Waals surface area contributed by atoms with Crippen LogP contribution >= 0.6 is 0 Å². The van der Waals surface area contributed by atoms with E-state index in [-0.39, 0.29) is 30.1 Å². The van der Waals surface area contributed by atoms with E-state index in [9.17, 15) is 24.3 Å². The van der Waals surface area contributed by atoms with Gasteiger partial charge in [-0.05, 0) is 92.4 Å². The lowest BCUT2D eigenvalue weighted by molar-refractivity contribution is -0.0503. The van der Waals surface area contributed by atoms with Gasteiger partial charge in [-0.2, -0.15) is 4.98 Å². The molecule has 0 spiro atoms. The van der Waals surface area contributed by atoms with Crippen molar-refractivity contribution in [1.82, 2.24) is 20.1 Å². The molecule has 0 saturated heterocycles. The summed E-state index contributed by atoms with van der Waals surface area (Å²) in [6.45, 7) is 4.36. The molecule has 4 fully saturated rings. The summed E-state index contributed by atoms with van der Waals surface area (Å²) in [5, 5.41) is 12.8. The highest BCUT2D eigenvalue weighted by Crippen LogP contribution is 2.59. The highest BCUT2D eigenvalue weighted by molar-refractivity contribution is 6.05. The Bertz CT molecular complexity index is 1250. The number of oxazole rings is 1. The van der Waals surface area contributed by atoms with E-state index < -0.39 is 29.8 Å². The fourth-order valence-electron chi connectivity index (χ4n) is 7.63. The predicted molar refractivity (Wildman–Crippen MR) is 155 cm³/mol. The van der Waals surface area contributed by atoms with Crippen molar-refractivity contribution in [3.8, 4) is 0 Å². The van der Waals surface area contributed by atoms with Crippen LogP contribution in [0.25, 0.3) is 0 Å². The third-order valence-corrected chi connectivity index (χ3v) is 9.27. The summed E-state index contributed by atoms with van der Waals surface area (Å²) in [7, 11) is 0. The fourth-order valence-corrected chi connectivity index (χ4v) is 7.63. The third kappa shape index (κ3) is 6.85. The molecule has 5 amide bonds. The van der Waals surface area contributed by atoms with E-state index in [0.717, 1.165) is 53.7 Å². The summed E-state index contributed by atoms with van der Waals surface area (Å²) in [6.07, 6.45) is 8.56. The maximum atomic E-state index is 13.5. The van der Waals surface area contributed by atoms with Crippen LogP contribution in [-0.2, 0) is 6.42 Å². The van der Waals surface area contributed by atoms with Gasteiger partial charge in [-0.1, -0.05) is 44.2 Å². The quantitative estimate of drug-likeness (QED) is 0.342. The number of urea groups is 1. The second kappa shape index (κ2) is 12.7. The first-order valence-electron chi connectivity index (χ1n) is 15.3. The van der Waals surface area contributed by atoms with Crippen molar-refractivity contribution in [3.63, 3.8) is 0 Å². The van der Waals surface area contributed by atoms with Crippen molar-refractivity contribution in [3.05, 3.63) is 53.7 Å². The zero-order valence-corrected chi connectivity index (χ0v) is 24.6. The number of hydrogen-bond acceptors (Lipinski definition) is 6. The minimum atomic E-state index is -1.43. The molecule has 4 aliphatic carbocycles. The zero-order chi connectivity index (χ0) is 29.9. The molecule has 4 aliphatic rings. The summed E-state index contributed by atoms with van der Waals surface area (Å²) in [6, 6.07) is 8.66. The van der Waals surface area contributed by atoms with Gasteiger partial charge < -0.3 is 14.8 Å². The van der Waals surface area contributed by atoms with Gasteiger partial charge >= 0.3 is 18.0 Å². The number of aromatic nitrogens is 1. The number of carbonyl (C=O) groups excluding carboxylic acids is 3. The average Bonchev–Trinajstić information content (AvgIpc) is 3.44. The van der Waals surface area contributed by atoms with Gasteiger partial charge in [0.15, 0.2) is 5.69 Å². The van der Waals surface area contributed by atoms with Gasteiger partial charge in [0.2, 0.25) is 0 Å². The van der Waals surface area contributed by atoms with Crippen molar-refractivity contribution in [2.45, 2.75) is 71.6 Å². The summed E-state index contributed by atoms with van der Waals surface area (Å²) < 4.78 is 5.40. The van der Waals surface area contributed by atoms with Gasteiger partial charge in [0, 0.05) is 19.6 Å². The SMILES string of the molecule is CC(C)CCN(C(=O)O)C(=O)N(CCCc1ccccc1)C(=O)c1nc(C(=O)NCC23CC4CC(CC(C4)C2)C3)co1. The van der Waals surface area contributed by atoms with Crippen molar-refractivity contribution >= 4 is 23.9 Å². The van der Waals surface area contributed by atoms with Crippen LogP contribution in [0.5, 0.6) is 0 Å². The molecule has 6 rings (SSSR count). The Morgan fingerprint density at radius 2 is 1.64 bits per heavy atom. The highest BCUT2D eigenvalue weighted by Gasteiger charge is 2.50. The number of hydrogen-bond donors (Lipinski definition) is 2. The van der Waals surface area contributed by atoms with Gasteiger partial charge in [-0.15, -0.1) is 0 Å². The van der Waals surface area contributed by atoms with E-state index in [4.69, 9.17) is 4.42 Å². The number of aryl methyl sites for hydroxylation is 1. The topological polar surface area (TPSA) is 133 Å². The Balaban J connectivity index is 1.26. The largest absolute Gasteiger partial charge is 0.465 e. The first kappa shape index (κ1) is 29.8. The lowest BCUT2D eigenvalue weighted by Gasteiger charge is -2.56.